The number of hydrogen-bond donors (Lipinski definition) is 2. The van der Waals surface area contributed by atoms with E-state index in [1.54, 1.807) is 12.1 Å². The van der Waals surface area contributed by atoms with Gasteiger partial charge < -0.3 is 10.7 Å². The summed E-state index contributed by atoms with van der Waals surface area (Å²) >= 11 is 0. The van der Waals surface area contributed by atoms with Gasteiger partial charge in [0, 0.05) is 6.07 Å². The lowest BCUT2D eigenvalue weighted by atomic mass is 10.0. The first kappa shape index (κ1) is 10.6. The second kappa shape index (κ2) is 4.12. The molecule has 1 rings (SSSR count). The van der Waals surface area contributed by atoms with Gasteiger partial charge in [0.25, 0.3) is 0 Å². The van der Waals surface area contributed by atoms with E-state index >= 15 is 0 Å². The van der Waals surface area contributed by atoms with E-state index in [1.165, 1.54) is 6.07 Å². The Hall–Kier alpha value is -1.53. The third kappa shape index (κ3) is 3.08. The number of aromatic amines is 1. The third-order valence-electron chi connectivity index (χ3n) is 1.99. The van der Waals surface area contributed by atoms with Crippen LogP contribution in [-0.2, 0) is 0 Å². The number of aromatic nitrogens is 1. The fraction of sp³-hybridized carbons (Fsp3) is 0.364. The molecule has 1 heterocycles. The summed E-state index contributed by atoms with van der Waals surface area (Å²) in [7, 11) is 0. The van der Waals surface area contributed by atoms with Gasteiger partial charge in [0.1, 0.15) is 0 Å². The van der Waals surface area contributed by atoms with Crippen molar-refractivity contribution in [3.63, 3.8) is 0 Å². The minimum atomic E-state index is -0.493. The fourth-order valence-corrected chi connectivity index (χ4v) is 0.819. The van der Waals surface area contributed by atoms with Crippen molar-refractivity contribution < 1.29 is 0 Å². The largest absolute Gasteiger partial charge is 0.315 e. The van der Waals surface area contributed by atoms with E-state index in [4.69, 9.17) is 5.73 Å². The summed E-state index contributed by atoms with van der Waals surface area (Å²) in [6.45, 7) is 3.84. The summed E-state index contributed by atoms with van der Waals surface area (Å²) in [6.07, 6.45) is 0.775. The number of nitrogens with one attached hydrogen (secondary N) is 1. The summed E-state index contributed by atoms with van der Waals surface area (Å²) in [5.74, 6) is 5.76. The predicted octanol–water partition coefficient (Wildman–Crippen LogP) is 0.854. The maximum absolute atomic E-state index is 10.9. The smallest absolute Gasteiger partial charge is 0.248 e. The number of H-pyrrole nitrogens is 1. The topological polar surface area (TPSA) is 58.9 Å². The van der Waals surface area contributed by atoms with Gasteiger partial charge in [0.15, 0.2) is 0 Å². The Kier molecular flexibility index (Phi) is 3.10. The highest BCUT2D eigenvalue weighted by Crippen LogP contribution is 2.01. The lowest BCUT2D eigenvalue weighted by Gasteiger charge is -2.13. The molecule has 14 heavy (non-hydrogen) atoms. The standard InChI is InChI=1S/C11H14N2O/c1-3-11(2,12)8-7-9-5-4-6-10(14)13-9/h4-6H,3,12H2,1-2H3,(H,13,14). The summed E-state index contributed by atoms with van der Waals surface area (Å²) in [4.78, 5) is 13.5. The van der Waals surface area contributed by atoms with Crippen molar-refractivity contribution in [2.45, 2.75) is 25.8 Å². The van der Waals surface area contributed by atoms with Crippen LogP contribution in [0.15, 0.2) is 23.0 Å². The number of pyridine rings is 1. The Morgan fingerprint density at radius 2 is 2.29 bits per heavy atom. The molecule has 0 fully saturated rings. The van der Waals surface area contributed by atoms with Crippen molar-refractivity contribution in [1.29, 1.82) is 0 Å². The van der Waals surface area contributed by atoms with Crippen LogP contribution >= 0.6 is 0 Å². The molecule has 1 aromatic heterocycles. The highest BCUT2D eigenvalue weighted by Gasteiger charge is 2.09. The molecular weight excluding hydrogens is 176 g/mol. The van der Waals surface area contributed by atoms with Gasteiger partial charge in [-0.2, -0.15) is 0 Å². The zero-order valence-electron chi connectivity index (χ0n) is 8.42. The lowest BCUT2D eigenvalue weighted by Crippen LogP contribution is -2.33. The van der Waals surface area contributed by atoms with E-state index in [-0.39, 0.29) is 5.56 Å². The van der Waals surface area contributed by atoms with E-state index in [0.29, 0.717) is 5.69 Å². The Balaban J connectivity index is 2.93. The molecule has 74 valence electrons. The summed E-state index contributed by atoms with van der Waals surface area (Å²) in [5, 5.41) is 0. The lowest BCUT2D eigenvalue weighted by molar-refractivity contribution is 0.586. The number of rotatable bonds is 1. The van der Waals surface area contributed by atoms with Crippen molar-refractivity contribution >= 4 is 0 Å². The molecular formula is C11H14N2O. The third-order valence-corrected chi connectivity index (χ3v) is 1.99. The normalized spacial score (nSPS) is 13.9. The number of hydrogen-bond acceptors (Lipinski definition) is 2. The van der Waals surface area contributed by atoms with E-state index < -0.39 is 5.54 Å². The van der Waals surface area contributed by atoms with Crippen LogP contribution in [0.4, 0.5) is 0 Å². The van der Waals surface area contributed by atoms with Gasteiger partial charge in [-0.25, -0.2) is 0 Å². The van der Waals surface area contributed by atoms with Gasteiger partial charge in [-0.05, 0) is 25.3 Å². The summed E-state index contributed by atoms with van der Waals surface area (Å²) in [6, 6.07) is 4.87. The predicted molar refractivity (Wildman–Crippen MR) is 56.8 cm³/mol. The molecule has 0 spiro atoms. The molecule has 0 bridgehead atoms. The molecule has 1 unspecified atom stereocenters. The van der Waals surface area contributed by atoms with Gasteiger partial charge in [-0.3, -0.25) is 4.79 Å². The quantitative estimate of drug-likeness (QED) is 0.645. The van der Waals surface area contributed by atoms with Crippen molar-refractivity contribution in [2.75, 3.05) is 0 Å². The van der Waals surface area contributed by atoms with E-state index in [0.717, 1.165) is 6.42 Å². The Labute approximate surface area is 83.3 Å². The average molecular weight is 190 g/mol. The van der Waals surface area contributed by atoms with E-state index in [9.17, 15) is 4.79 Å². The van der Waals surface area contributed by atoms with Gasteiger partial charge >= 0.3 is 0 Å². The van der Waals surface area contributed by atoms with Crippen LogP contribution < -0.4 is 11.3 Å². The first-order valence-corrected chi connectivity index (χ1v) is 4.55. The molecule has 3 N–H and O–H groups in total. The monoisotopic (exact) mass is 190 g/mol. The van der Waals surface area contributed by atoms with E-state index in [1.807, 2.05) is 13.8 Å². The minimum Gasteiger partial charge on any atom is -0.315 e. The zero-order chi connectivity index (χ0) is 10.6. The SMILES string of the molecule is CCC(C)(N)C#Cc1cccc(=O)[nH]1. The highest BCUT2D eigenvalue weighted by atomic mass is 16.1. The molecule has 0 saturated heterocycles. The Bertz CT molecular complexity index is 421. The van der Waals surface area contributed by atoms with Crippen LogP contribution in [-0.4, -0.2) is 10.5 Å². The Morgan fingerprint density at radius 3 is 2.86 bits per heavy atom. The van der Waals surface area contributed by atoms with Gasteiger partial charge in [-0.1, -0.05) is 18.9 Å². The molecule has 1 atom stereocenters. The molecule has 0 aromatic carbocycles. The molecule has 0 aliphatic rings. The second-order valence-corrected chi connectivity index (χ2v) is 3.45. The molecule has 1 aromatic rings. The van der Waals surface area contributed by atoms with Crippen LogP contribution in [0.25, 0.3) is 0 Å². The van der Waals surface area contributed by atoms with Crippen molar-refractivity contribution in [2.24, 2.45) is 5.73 Å². The van der Waals surface area contributed by atoms with Crippen LogP contribution in [0.5, 0.6) is 0 Å². The summed E-state index contributed by atoms with van der Waals surface area (Å²) < 4.78 is 0. The number of nitrogens with two attached hydrogens (primary N) is 1. The minimum absolute atomic E-state index is 0.146. The zero-order valence-corrected chi connectivity index (χ0v) is 8.42. The maximum Gasteiger partial charge on any atom is 0.248 e. The highest BCUT2D eigenvalue weighted by molar-refractivity contribution is 5.30. The first-order chi connectivity index (χ1) is 6.53. The molecule has 0 aliphatic carbocycles. The van der Waals surface area contributed by atoms with Crippen molar-refractivity contribution in [3.8, 4) is 11.8 Å². The van der Waals surface area contributed by atoms with Gasteiger partial charge in [0.2, 0.25) is 5.56 Å². The van der Waals surface area contributed by atoms with Gasteiger partial charge in [0.05, 0.1) is 11.2 Å². The Morgan fingerprint density at radius 1 is 1.57 bits per heavy atom. The second-order valence-electron chi connectivity index (χ2n) is 3.45. The molecule has 0 aliphatic heterocycles. The average Bonchev–Trinajstić information content (AvgIpc) is 2.15. The van der Waals surface area contributed by atoms with Crippen LogP contribution in [0.1, 0.15) is 26.0 Å². The van der Waals surface area contributed by atoms with Crippen LogP contribution in [0.3, 0.4) is 0 Å². The molecule has 3 nitrogen and oxygen atoms in total. The first-order valence-electron chi connectivity index (χ1n) is 4.55. The van der Waals surface area contributed by atoms with E-state index in [2.05, 4.69) is 16.8 Å². The molecule has 0 radical (unpaired) electrons. The summed E-state index contributed by atoms with van der Waals surface area (Å²) in [5.41, 5.74) is 5.80. The molecule has 3 heteroatoms. The maximum atomic E-state index is 10.9. The molecule has 0 saturated carbocycles. The van der Waals surface area contributed by atoms with Crippen LogP contribution in [0, 0.1) is 11.8 Å². The molecule has 0 amide bonds. The van der Waals surface area contributed by atoms with Gasteiger partial charge in [-0.15, -0.1) is 0 Å². The van der Waals surface area contributed by atoms with Crippen molar-refractivity contribution in [3.05, 3.63) is 34.2 Å². The van der Waals surface area contributed by atoms with Crippen molar-refractivity contribution in [1.82, 2.24) is 4.98 Å². The van der Waals surface area contributed by atoms with Crippen LogP contribution in [0.2, 0.25) is 0 Å². The fourth-order valence-electron chi connectivity index (χ4n) is 0.819.